The summed E-state index contributed by atoms with van der Waals surface area (Å²) >= 11 is 0. The van der Waals surface area contributed by atoms with Crippen LogP contribution >= 0.6 is 0 Å². The number of rotatable bonds is 6. The number of ether oxygens (including phenoxy) is 1. The van der Waals surface area contributed by atoms with Crippen molar-refractivity contribution < 1.29 is 9.53 Å². The van der Waals surface area contributed by atoms with E-state index in [0.717, 1.165) is 35.5 Å². The normalized spacial score (nSPS) is 13.6. The number of benzene rings is 1. The molecule has 1 fully saturated rings. The molecule has 1 saturated carbocycles. The van der Waals surface area contributed by atoms with E-state index in [4.69, 9.17) is 4.74 Å². The number of hydrogen-bond donors (Lipinski definition) is 1. The molecule has 0 unspecified atom stereocenters. The lowest BCUT2D eigenvalue weighted by molar-refractivity contribution is -0.117. The predicted octanol–water partition coefficient (Wildman–Crippen LogP) is 3.06. The van der Waals surface area contributed by atoms with Crippen LogP contribution in [0.25, 0.3) is 16.9 Å². The molecule has 1 aliphatic rings. The number of anilines is 1. The average molecular weight is 388 g/mol. The van der Waals surface area contributed by atoms with Crippen molar-refractivity contribution in [2.75, 3.05) is 5.32 Å². The maximum atomic E-state index is 12.0. The first-order chi connectivity index (χ1) is 14.2. The molecular formula is C21H20N6O2. The van der Waals surface area contributed by atoms with Crippen LogP contribution in [0.1, 0.15) is 18.5 Å². The van der Waals surface area contributed by atoms with Crippen LogP contribution in [0.4, 0.5) is 5.95 Å². The topological polar surface area (TPSA) is 86.3 Å². The van der Waals surface area contributed by atoms with Gasteiger partial charge in [-0.2, -0.15) is 10.1 Å². The zero-order valence-electron chi connectivity index (χ0n) is 15.9. The second-order valence-corrected chi connectivity index (χ2v) is 7.17. The van der Waals surface area contributed by atoms with Gasteiger partial charge in [-0.05, 0) is 55.3 Å². The Hall–Kier alpha value is -3.68. The minimum absolute atomic E-state index is 0.00290. The third kappa shape index (κ3) is 3.69. The molecule has 1 aliphatic carbocycles. The standard InChI is InChI=1S/C21H20N6O2/c1-26-12-11-16(24-26)13-29-17-9-7-14(8-10-17)18-3-2-4-19-22-21(25-27(18)19)23-20(28)15-5-6-15/h2-4,7-12,15H,5-6,13H2,1H3,(H,23,25,28). The molecule has 1 amide bonds. The predicted molar refractivity (Wildman–Crippen MR) is 107 cm³/mol. The van der Waals surface area contributed by atoms with Gasteiger partial charge in [-0.25, -0.2) is 4.52 Å². The van der Waals surface area contributed by atoms with Crippen molar-refractivity contribution >= 4 is 17.5 Å². The van der Waals surface area contributed by atoms with E-state index in [1.165, 1.54) is 0 Å². The van der Waals surface area contributed by atoms with E-state index < -0.39 is 0 Å². The van der Waals surface area contributed by atoms with E-state index in [-0.39, 0.29) is 11.8 Å². The van der Waals surface area contributed by atoms with Crippen LogP contribution in [-0.2, 0) is 18.4 Å². The first-order valence-corrected chi connectivity index (χ1v) is 9.54. The molecule has 4 aromatic rings. The van der Waals surface area contributed by atoms with Gasteiger partial charge in [0.2, 0.25) is 11.9 Å². The maximum Gasteiger partial charge on any atom is 0.249 e. The van der Waals surface area contributed by atoms with Crippen LogP contribution in [0.15, 0.2) is 54.7 Å². The minimum atomic E-state index is -0.00290. The Bertz CT molecular complexity index is 1170. The van der Waals surface area contributed by atoms with Crippen molar-refractivity contribution in [2.45, 2.75) is 19.4 Å². The van der Waals surface area contributed by atoms with E-state index in [0.29, 0.717) is 18.2 Å². The number of nitrogens with zero attached hydrogens (tertiary/aromatic N) is 5. The fourth-order valence-corrected chi connectivity index (χ4v) is 3.15. The van der Waals surface area contributed by atoms with Crippen molar-refractivity contribution in [3.8, 4) is 17.0 Å². The number of hydrogen-bond acceptors (Lipinski definition) is 5. The van der Waals surface area contributed by atoms with Crippen LogP contribution in [0, 0.1) is 5.92 Å². The number of pyridine rings is 1. The molecular weight excluding hydrogens is 368 g/mol. The van der Waals surface area contributed by atoms with Crippen molar-refractivity contribution in [2.24, 2.45) is 13.0 Å². The van der Waals surface area contributed by atoms with Crippen molar-refractivity contribution in [1.82, 2.24) is 24.4 Å². The lowest BCUT2D eigenvalue weighted by Crippen LogP contribution is -2.14. The minimum Gasteiger partial charge on any atom is -0.487 e. The third-order valence-electron chi connectivity index (χ3n) is 4.85. The lowest BCUT2D eigenvalue weighted by atomic mass is 10.1. The lowest BCUT2D eigenvalue weighted by Gasteiger charge is -2.07. The Labute approximate surface area is 167 Å². The van der Waals surface area contributed by atoms with Crippen LogP contribution in [-0.4, -0.2) is 30.3 Å². The molecule has 3 aromatic heterocycles. The second-order valence-electron chi connectivity index (χ2n) is 7.17. The molecule has 0 atom stereocenters. The highest BCUT2D eigenvalue weighted by Crippen LogP contribution is 2.30. The van der Waals surface area contributed by atoms with E-state index in [1.807, 2.05) is 61.8 Å². The Morgan fingerprint density at radius 3 is 2.69 bits per heavy atom. The zero-order valence-corrected chi connectivity index (χ0v) is 15.9. The van der Waals surface area contributed by atoms with Crippen molar-refractivity contribution in [3.63, 3.8) is 0 Å². The molecule has 0 radical (unpaired) electrons. The van der Waals surface area contributed by atoms with Gasteiger partial charge in [0.15, 0.2) is 5.65 Å². The summed E-state index contributed by atoms with van der Waals surface area (Å²) < 4.78 is 9.30. The first kappa shape index (κ1) is 17.4. The molecule has 0 bridgehead atoms. The van der Waals surface area contributed by atoms with Crippen LogP contribution in [0.3, 0.4) is 0 Å². The summed E-state index contributed by atoms with van der Waals surface area (Å²) in [5, 5.41) is 11.6. The van der Waals surface area contributed by atoms with Gasteiger partial charge in [0.1, 0.15) is 12.4 Å². The summed E-state index contributed by atoms with van der Waals surface area (Å²) in [6, 6.07) is 15.5. The fourth-order valence-electron chi connectivity index (χ4n) is 3.15. The Kier molecular flexibility index (Phi) is 4.23. The number of fused-ring (bicyclic) bond motifs is 1. The summed E-state index contributed by atoms with van der Waals surface area (Å²) in [7, 11) is 1.88. The Balaban J connectivity index is 1.35. The molecule has 29 heavy (non-hydrogen) atoms. The van der Waals surface area contributed by atoms with E-state index in [2.05, 4.69) is 20.5 Å². The molecule has 1 N–H and O–H groups in total. The number of carbonyl (C=O) groups excluding carboxylic acids is 1. The summed E-state index contributed by atoms with van der Waals surface area (Å²) in [5.41, 5.74) is 3.43. The van der Waals surface area contributed by atoms with Gasteiger partial charge in [0, 0.05) is 24.7 Å². The average Bonchev–Trinajstić information content (AvgIpc) is 3.38. The summed E-state index contributed by atoms with van der Waals surface area (Å²) in [5.74, 6) is 1.21. The molecule has 0 spiro atoms. The van der Waals surface area contributed by atoms with Crippen molar-refractivity contribution in [1.29, 1.82) is 0 Å². The highest BCUT2D eigenvalue weighted by Gasteiger charge is 2.30. The van der Waals surface area contributed by atoms with Crippen LogP contribution in [0.5, 0.6) is 5.75 Å². The largest absolute Gasteiger partial charge is 0.487 e. The molecule has 0 aliphatic heterocycles. The van der Waals surface area contributed by atoms with Gasteiger partial charge in [-0.15, -0.1) is 5.10 Å². The van der Waals surface area contributed by atoms with E-state index in [1.54, 1.807) is 9.20 Å². The first-order valence-electron chi connectivity index (χ1n) is 9.54. The number of aryl methyl sites for hydroxylation is 1. The number of amides is 1. The molecule has 3 heterocycles. The third-order valence-corrected chi connectivity index (χ3v) is 4.85. The molecule has 146 valence electrons. The molecule has 1 aromatic carbocycles. The van der Waals surface area contributed by atoms with Crippen LogP contribution in [0.2, 0.25) is 0 Å². The quantitative estimate of drug-likeness (QED) is 0.549. The number of aromatic nitrogens is 5. The number of carbonyl (C=O) groups is 1. The summed E-state index contributed by atoms with van der Waals surface area (Å²) in [6.07, 6.45) is 3.78. The van der Waals surface area contributed by atoms with Gasteiger partial charge in [0.25, 0.3) is 0 Å². The van der Waals surface area contributed by atoms with Gasteiger partial charge in [-0.3, -0.25) is 14.8 Å². The number of nitrogens with one attached hydrogen (secondary N) is 1. The maximum absolute atomic E-state index is 12.0. The fraction of sp³-hybridized carbons (Fsp3) is 0.238. The highest BCUT2D eigenvalue weighted by molar-refractivity contribution is 5.92. The van der Waals surface area contributed by atoms with Gasteiger partial charge >= 0.3 is 0 Å². The summed E-state index contributed by atoms with van der Waals surface area (Å²) in [4.78, 5) is 16.4. The zero-order chi connectivity index (χ0) is 19.8. The van der Waals surface area contributed by atoms with E-state index in [9.17, 15) is 4.79 Å². The van der Waals surface area contributed by atoms with E-state index >= 15 is 0 Å². The van der Waals surface area contributed by atoms with Crippen molar-refractivity contribution in [3.05, 3.63) is 60.4 Å². The molecule has 0 saturated heterocycles. The Morgan fingerprint density at radius 1 is 1.14 bits per heavy atom. The summed E-state index contributed by atoms with van der Waals surface area (Å²) in [6.45, 7) is 0.420. The monoisotopic (exact) mass is 388 g/mol. The molecule has 8 heteroatoms. The second kappa shape index (κ2) is 7.05. The highest BCUT2D eigenvalue weighted by atomic mass is 16.5. The van der Waals surface area contributed by atoms with Gasteiger partial charge in [0.05, 0.1) is 11.4 Å². The molecule has 8 nitrogen and oxygen atoms in total. The smallest absolute Gasteiger partial charge is 0.249 e. The van der Waals surface area contributed by atoms with Gasteiger partial charge in [-0.1, -0.05) is 6.07 Å². The van der Waals surface area contributed by atoms with Gasteiger partial charge < -0.3 is 4.74 Å². The van der Waals surface area contributed by atoms with Crippen LogP contribution < -0.4 is 10.1 Å². The SMILES string of the molecule is Cn1ccc(COc2ccc(-c3cccc4nc(NC(=O)C5CC5)nn34)cc2)n1. The Morgan fingerprint density at radius 2 is 1.97 bits per heavy atom. The molecule has 5 rings (SSSR count).